The molecule has 0 amide bonds. The molecular weight excluding hydrogens is 346 g/mol. The molecule has 2 aromatic carbocycles. The summed E-state index contributed by atoms with van der Waals surface area (Å²) in [5.74, 6) is 2.50. The van der Waals surface area contributed by atoms with E-state index in [1.807, 2.05) is 6.20 Å². The quantitative estimate of drug-likeness (QED) is 0.700. The summed E-state index contributed by atoms with van der Waals surface area (Å²) in [5.41, 5.74) is 5.21. The Morgan fingerprint density at radius 2 is 1.93 bits per heavy atom. The van der Waals surface area contributed by atoms with E-state index in [0.717, 1.165) is 55.7 Å². The molecule has 0 saturated carbocycles. The highest BCUT2D eigenvalue weighted by Crippen LogP contribution is 2.29. The first-order chi connectivity index (χ1) is 13.8. The summed E-state index contributed by atoms with van der Waals surface area (Å²) in [6, 6.07) is 17.4. The van der Waals surface area contributed by atoms with E-state index in [1.54, 1.807) is 0 Å². The average Bonchev–Trinajstić information content (AvgIpc) is 3.39. The first-order valence-corrected chi connectivity index (χ1v) is 10.4. The molecule has 144 valence electrons. The highest BCUT2D eigenvalue weighted by atomic mass is 16.4. The fourth-order valence-corrected chi connectivity index (χ4v) is 4.46. The van der Waals surface area contributed by atoms with Crippen LogP contribution in [0.25, 0.3) is 11.3 Å². The molecule has 0 atom stereocenters. The third-order valence-corrected chi connectivity index (χ3v) is 6.09. The van der Waals surface area contributed by atoms with Gasteiger partial charge >= 0.3 is 0 Å². The number of anilines is 1. The second-order valence-corrected chi connectivity index (χ2v) is 8.08. The zero-order valence-electron chi connectivity index (χ0n) is 16.2. The molecule has 0 radical (unpaired) electrons. The summed E-state index contributed by atoms with van der Waals surface area (Å²) < 4.78 is 6.08. The molecule has 4 nitrogen and oxygen atoms in total. The van der Waals surface area contributed by atoms with Gasteiger partial charge in [0.2, 0.25) is 5.89 Å². The lowest BCUT2D eigenvalue weighted by Gasteiger charge is -2.31. The van der Waals surface area contributed by atoms with Crippen molar-refractivity contribution in [1.82, 2.24) is 9.88 Å². The lowest BCUT2D eigenvalue weighted by atomic mass is 9.90. The van der Waals surface area contributed by atoms with Crippen LogP contribution in [0.15, 0.2) is 59.1 Å². The van der Waals surface area contributed by atoms with Crippen molar-refractivity contribution < 1.29 is 4.42 Å². The van der Waals surface area contributed by atoms with Crippen LogP contribution in [-0.2, 0) is 19.4 Å². The Labute approximate surface area is 166 Å². The van der Waals surface area contributed by atoms with Gasteiger partial charge in [0.05, 0.1) is 12.7 Å². The van der Waals surface area contributed by atoms with Gasteiger partial charge in [-0.2, -0.15) is 0 Å². The van der Waals surface area contributed by atoms with Gasteiger partial charge in [-0.25, -0.2) is 4.98 Å². The topological polar surface area (TPSA) is 41.3 Å². The third kappa shape index (κ3) is 3.83. The molecule has 1 fully saturated rings. The van der Waals surface area contributed by atoms with Crippen molar-refractivity contribution >= 4 is 5.69 Å². The lowest BCUT2D eigenvalue weighted by Crippen LogP contribution is -2.33. The van der Waals surface area contributed by atoms with Crippen LogP contribution in [0.4, 0.5) is 5.69 Å². The van der Waals surface area contributed by atoms with Crippen LogP contribution in [0.5, 0.6) is 0 Å². The fourth-order valence-electron chi connectivity index (χ4n) is 4.46. The molecule has 2 aliphatic heterocycles. The summed E-state index contributed by atoms with van der Waals surface area (Å²) in [5, 5.41) is 3.40. The van der Waals surface area contributed by atoms with E-state index in [0.29, 0.717) is 0 Å². The molecule has 3 aromatic rings. The summed E-state index contributed by atoms with van der Waals surface area (Å²) in [7, 11) is 0. The van der Waals surface area contributed by atoms with E-state index in [2.05, 4.69) is 63.7 Å². The van der Waals surface area contributed by atoms with Crippen molar-refractivity contribution in [2.75, 3.05) is 25.0 Å². The number of nitrogens with zero attached hydrogens (tertiary/aromatic N) is 2. The average molecular weight is 374 g/mol. The van der Waals surface area contributed by atoms with Crippen molar-refractivity contribution in [2.24, 2.45) is 5.92 Å². The van der Waals surface area contributed by atoms with Gasteiger partial charge in [0, 0.05) is 17.8 Å². The largest absolute Gasteiger partial charge is 0.439 e. The Morgan fingerprint density at radius 1 is 1.07 bits per heavy atom. The Kier molecular flexibility index (Phi) is 4.88. The van der Waals surface area contributed by atoms with Crippen LogP contribution in [0, 0.1) is 5.92 Å². The molecule has 0 aliphatic carbocycles. The van der Waals surface area contributed by atoms with Crippen LogP contribution >= 0.6 is 0 Å². The monoisotopic (exact) mass is 373 g/mol. The van der Waals surface area contributed by atoms with Gasteiger partial charge in [-0.3, -0.25) is 4.90 Å². The molecule has 0 spiro atoms. The number of hydrogen-bond donors (Lipinski definition) is 1. The van der Waals surface area contributed by atoms with Gasteiger partial charge in [-0.15, -0.1) is 0 Å². The van der Waals surface area contributed by atoms with Crippen LogP contribution in [0.3, 0.4) is 0 Å². The van der Waals surface area contributed by atoms with Crippen molar-refractivity contribution in [2.45, 2.75) is 32.2 Å². The molecule has 2 aliphatic rings. The van der Waals surface area contributed by atoms with Crippen LogP contribution in [0.2, 0.25) is 0 Å². The highest BCUT2D eigenvalue weighted by Gasteiger charge is 2.21. The Hall–Kier alpha value is -2.59. The first kappa shape index (κ1) is 17.5. The van der Waals surface area contributed by atoms with Gasteiger partial charge < -0.3 is 9.73 Å². The second kappa shape index (κ2) is 7.80. The SMILES string of the molecule is c1ccc(CC2CCN(Cc3ncc(-c4ccc5c(c4)CCN5)o3)CC2)cc1. The molecule has 1 saturated heterocycles. The van der Waals surface area contributed by atoms with E-state index in [-0.39, 0.29) is 0 Å². The van der Waals surface area contributed by atoms with Crippen LogP contribution in [-0.4, -0.2) is 29.5 Å². The molecule has 28 heavy (non-hydrogen) atoms. The van der Waals surface area contributed by atoms with Crippen molar-refractivity contribution in [3.8, 4) is 11.3 Å². The number of aromatic nitrogens is 1. The number of fused-ring (bicyclic) bond motifs is 1. The molecule has 0 bridgehead atoms. The van der Waals surface area contributed by atoms with Gasteiger partial charge in [0.1, 0.15) is 0 Å². The summed E-state index contributed by atoms with van der Waals surface area (Å²) in [6.07, 6.45) is 6.66. The Morgan fingerprint density at radius 3 is 2.79 bits per heavy atom. The number of benzene rings is 2. The predicted octanol–water partition coefficient (Wildman–Crippen LogP) is 4.76. The molecule has 4 heteroatoms. The number of oxazole rings is 1. The Bertz CT molecular complexity index is 926. The van der Waals surface area contributed by atoms with Crippen molar-refractivity contribution in [3.63, 3.8) is 0 Å². The minimum absolute atomic E-state index is 0.791. The molecule has 5 rings (SSSR count). The normalized spacial score (nSPS) is 17.4. The van der Waals surface area contributed by atoms with Crippen LogP contribution < -0.4 is 5.32 Å². The number of piperidine rings is 1. The summed E-state index contributed by atoms with van der Waals surface area (Å²) in [4.78, 5) is 7.02. The van der Waals surface area contributed by atoms with Crippen molar-refractivity contribution in [3.05, 3.63) is 71.7 Å². The minimum atomic E-state index is 0.791. The maximum Gasteiger partial charge on any atom is 0.209 e. The molecule has 1 N–H and O–H groups in total. The zero-order chi connectivity index (χ0) is 18.8. The lowest BCUT2D eigenvalue weighted by molar-refractivity contribution is 0.164. The molecule has 3 heterocycles. The maximum atomic E-state index is 6.08. The summed E-state index contributed by atoms with van der Waals surface area (Å²) >= 11 is 0. The smallest absolute Gasteiger partial charge is 0.209 e. The van der Waals surface area contributed by atoms with E-state index < -0.39 is 0 Å². The number of rotatable bonds is 5. The fraction of sp³-hybridized carbons (Fsp3) is 0.375. The van der Waals surface area contributed by atoms with E-state index in [4.69, 9.17) is 4.42 Å². The number of likely N-dealkylation sites (tertiary alicyclic amines) is 1. The number of nitrogens with one attached hydrogen (secondary N) is 1. The van der Waals surface area contributed by atoms with E-state index in [9.17, 15) is 0 Å². The minimum Gasteiger partial charge on any atom is -0.439 e. The molecule has 0 unspecified atom stereocenters. The van der Waals surface area contributed by atoms with Crippen LogP contribution in [0.1, 0.15) is 29.9 Å². The third-order valence-electron chi connectivity index (χ3n) is 6.09. The number of hydrogen-bond acceptors (Lipinski definition) is 4. The van der Waals surface area contributed by atoms with Gasteiger partial charge in [0.25, 0.3) is 0 Å². The van der Waals surface area contributed by atoms with Crippen molar-refractivity contribution in [1.29, 1.82) is 0 Å². The summed E-state index contributed by atoms with van der Waals surface area (Å²) in [6.45, 7) is 4.09. The van der Waals surface area contributed by atoms with Gasteiger partial charge in [-0.1, -0.05) is 30.3 Å². The zero-order valence-corrected chi connectivity index (χ0v) is 16.2. The standard InChI is InChI=1S/C24H27N3O/c1-2-4-18(5-3-1)14-19-9-12-27(13-10-19)17-24-26-16-23(28-24)21-6-7-22-20(15-21)8-11-25-22/h1-7,15-16,19,25H,8-14,17H2. The second-order valence-electron chi connectivity index (χ2n) is 8.08. The molecule has 1 aromatic heterocycles. The van der Waals surface area contributed by atoms with Gasteiger partial charge in [0.15, 0.2) is 5.76 Å². The highest BCUT2D eigenvalue weighted by molar-refractivity contribution is 5.66. The Balaban J connectivity index is 1.17. The van der Waals surface area contributed by atoms with E-state index in [1.165, 1.54) is 36.1 Å². The predicted molar refractivity (Wildman–Crippen MR) is 112 cm³/mol. The maximum absolute atomic E-state index is 6.08. The molecular formula is C24H27N3O. The first-order valence-electron chi connectivity index (χ1n) is 10.4. The van der Waals surface area contributed by atoms with E-state index >= 15 is 0 Å². The van der Waals surface area contributed by atoms with Gasteiger partial charge in [-0.05, 0) is 74.0 Å².